The van der Waals surface area contributed by atoms with Crippen molar-refractivity contribution < 1.29 is 9.53 Å². The third-order valence-corrected chi connectivity index (χ3v) is 1.06. The first-order chi connectivity index (χ1) is 5.07. The van der Waals surface area contributed by atoms with Crippen LogP contribution in [0, 0.1) is 11.3 Å². The number of nitriles is 1. The lowest BCUT2D eigenvalue weighted by atomic mass is 10.4. The molecule has 0 fully saturated rings. The van der Waals surface area contributed by atoms with E-state index in [9.17, 15) is 4.79 Å². The first kappa shape index (κ1) is 9.99. The van der Waals surface area contributed by atoms with Crippen molar-refractivity contribution in [1.29, 1.82) is 5.26 Å². The second kappa shape index (κ2) is 4.75. The minimum Gasteiger partial charge on any atom is -0.459 e. The minimum absolute atomic E-state index is 0.115. The van der Waals surface area contributed by atoms with Gasteiger partial charge in [0.15, 0.2) is 0 Å². The van der Waals surface area contributed by atoms with E-state index in [4.69, 9.17) is 16.9 Å². The van der Waals surface area contributed by atoms with Crippen LogP contribution in [0.5, 0.6) is 0 Å². The molecule has 0 aromatic rings. The Morgan fingerprint density at radius 3 is 2.82 bits per heavy atom. The van der Waals surface area contributed by atoms with E-state index >= 15 is 0 Å². The molecule has 0 radical (unpaired) electrons. The van der Waals surface area contributed by atoms with Gasteiger partial charge in [0, 0.05) is 0 Å². The van der Waals surface area contributed by atoms with Crippen LogP contribution in [0.1, 0.15) is 6.92 Å². The van der Waals surface area contributed by atoms with Gasteiger partial charge < -0.3 is 4.74 Å². The summed E-state index contributed by atoms with van der Waals surface area (Å²) in [6.45, 7) is 5.34. The zero-order chi connectivity index (χ0) is 8.85. The standard InChI is InChI=1S/C7H8ClNO2/c1-5(2)4-11-7(10)6(8)3-9/h6H,1,4H2,2H3. The summed E-state index contributed by atoms with van der Waals surface area (Å²) in [7, 11) is 0. The van der Waals surface area contributed by atoms with Crippen LogP contribution in [0.2, 0.25) is 0 Å². The lowest BCUT2D eigenvalue weighted by Gasteiger charge is -2.02. The summed E-state index contributed by atoms with van der Waals surface area (Å²) in [4.78, 5) is 10.7. The van der Waals surface area contributed by atoms with Crippen LogP contribution in [-0.4, -0.2) is 18.0 Å². The predicted molar refractivity (Wildman–Crippen MR) is 41.0 cm³/mol. The van der Waals surface area contributed by atoms with Crippen LogP contribution < -0.4 is 0 Å². The van der Waals surface area contributed by atoms with E-state index in [0.29, 0.717) is 5.57 Å². The molecule has 0 aliphatic rings. The van der Waals surface area contributed by atoms with E-state index < -0.39 is 11.3 Å². The summed E-state index contributed by atoms with van der Waals surface area (Å²) in [5.74, 6) is -0.725. The summed E-state index contributed by atoms with van der Waals surface area (Å²) in [5, 5.41) is 6.95. The van der Waals surface area contributed by atoms with Gasteiger partial charge in [0.1, 0.15) is 6.61 Å². The van der Waals surface area contributed by atoms with E-state index in [1.807, 2.05) is 0 Å². The molecular weight excluding hydrogens is 166 g/mol. The molecule has 1 atom stereocenters. The number of hydrogen-bond donors (Lipinski definition) is 0. The van der Waals surface area contributed by atoms with Crippen molar-refractivity contribution in [2.24, 2.45) is 0 Å². The number of alkyl halides is 1. The topological polar surface area (TPSA) is 50.1 Å². The molecule has 0 heterocycles. The van der Waals surface area contributed by atoms with Gasteiger partial charge >= 0.3 is 5.97 Å². The summed E-state index contributed by atoms with van der Waals surface area (Å²) in [6.07, 6.45) is 0. The average molecular weight is 174 g/mol. The van der Waals surface area contributed by atoms with Crippen molar-refractivity contribution in [2.45, 2.75) is 12.3 Å². The number of hydrogen-bond acceptors (Lipinski definition) is 3. The first-order valence-electron chi connectivity index (χ1n) is 2.92. The van der Waals surface area contributed by atoms with Gasteiger partial charge in [-0.05, 0) is 12.5 Å². The van der Waals surface area contributed by atoms with Crippen molar-refractivity contribution in [3.8, 4) is 6.07 Å². The predicted octanol–water partition coefficient (Wildman–Crippen LogP) is 1.24. The quantitative estimate of drug-likeness (QED) is 0.367. The van der Waals surface area contributed by atoms with Crippen molar-refractivity contribution in [3.05, 3.63) is 12.2 Å². The Bertz CT molecular complexity index is 207. The van der Waals surface area contributed by atoms with E-state index in [2.05, 4.69) is 11.3 Å². The third-order valence-electron chi connectivity index (χ3n) is 0.781. The van der Waals surface area contributed by atoms with Gasteiger partial charge in [-0.2, -0.15) is 5.26 Å². The van der Waals surface area contributed by atoms with Gasteiger partial charge in [-0.1, -0.05) is 18.2 Å². The summed E-state index contributed by atoms with van der Waals surface area (Å²) < 4.78 is 4.56. The maximum atomic E-state index is 10.7. The van der Waals surface area contributed by atoms with Gasteiger partial charge in [-0.15, -0.1) is 0 Å². The van der Waals surface area contributed by atoms with Crippen LogP contribution in [0.25, 0.3) is 0 Å². The number of halogens is 1. The maximum Gasteiger partial charge on any atom is 0.339 e. The molecule has 11 heavy (non-hydrogen) atoms. The van der Waals surface area contributed by atoms with Gasteiger partial charge in [0.05, 0.1) is 6.07 Å². The molecule has 0 aliphatic carbocycles. The number of nitrogens with zero attached hydrogens (tertiary/aromatic N) is 1. The van der Waals surface area contributed by atoms with Gasteiger partial charge in [0.25, 0.3) is 0 Å². The number of rotatable bonds is 3. The Morgan fingerprint density at radius 2 is 2.45 bits per heavy atom. The largest absolute Gasteiger partial charge is 0.459 e. The highest BCUT2D eigenvalue weighted by Gasteiger charge is 2.14. The second-order valence-corrected chi connectivity index (χ2v) is 2.49. The first-order valence-corrected chi connectivity index (χ1v) is 3.36. The fourth-order valence-corrected chi connectivity index (χ4v) is 0.383. The van der Waals surface area contributed by atoms with Crippen molar-refractivity contribution in [3.63, 3.8) is 0 Å². The van der Waals surface area contributed by atoms with E-state index in [1.54, 1.807) is 13.0 Å². The Balaban J connectivity index is 3.72. The monoisotopic (exact) mass is 173 g/mol. The second-order valence-electron chi connectivity index (χ2n) is 2.06. The van der Waals surface area contributed by atoms with Crippen molar-refractivity contribution in [2.75, 3.05) is 6.61 Å². The molecular formula is C7H8ClNO2. The minimum atomic E-state index is -1.21. The molecule has 4 heteroatoms. The molecule has 60 valence electrons. The summed E-state index contributed by atoms with van der Waals surface area (Å²) in [5.41, 5.74) is 0.708. The number of carbonyl (C=O) groups excluding carboxylic acids is 1. The normalized spacial score (nSPS) is 11.4. The molecule has 0 aromatic heterocycles. The van der Waals surface area contributed by atoms with Crippen LogP contribution in [0.3, 0.4) is 0 Å². The number of ether oxygens (including phenoxy) is 1. The highest BCUT2D eigenvalue weighted by molar-refractivity contribution is 6.31. The Labute approximate surface area is 70.2 Å². The molecule has 0 spiro atoms. The zero-order valence-electron chi connectivity index (χ0n) is 6.13. The highest BCUT2D eigenvalue weighted by atomic mass is 35.5. The maximum absolute atomic E-state index is 10.7. The zero-order valence-corrected chi connectivity index (χ0v) is 6.89. The fourth-order valence-electron chi connectivity index (χ4n) is 0.320. The lowest BCUT2D eigenvalue weighted by Crippen LogP contribution is -2.16. The van der Waals surface area contributed by atoms with Crippen LogP contribution >= 0.6 is 11.6 Å². The molecule has 0 aliphatic heterocycles. The van der Waals surface area contributed by atoms with E-state index in [-0.39, 0.29) is 6.61 Å². The van der Waals surface area contributed by atoms with E-state index in [1.165, 1.54) is 0 Å². The Morgan fingerprint density at radius 1 is 1.91 bits per heavy atom. The van der Waals surface area contributed by atoms with Crippen molar-refractivity contribution >= 4 is 17.6 Å². The van der Waals surface area contributed by atoms with Crippen LogP contribution in [0.4, 0.5) is 0 Å². The molecule has 0 bridgehead atoms. The molecule has 0 saturated carbocycles. The molecule has 0 rings (SSSR count). The average Bonchev–Trinajstić information content (AvgIpc) is 1.98. The van der Waals surface area contributed by atoms with Crippen LogP contribution in [-0.2, 0) is 9.53 Å². The lowest BCUT2D eigenvalue weighted by molar-refractivity contribution is -0.141. The summed E-state index contributed by atoms with van der Waals surface area (Å²) in [6, 6.07) is 1.55. The Kier molecular flexibility index (Phi) is 4.32. The van der Waals surface area contributed by atoms with Crippen molar-refractivity contribution in [1.82, 2.24) is 0 Å². The third kappa shape index (κ3) is 4.40. The Hall–Kier alpha value is -1.01. The van der Waals surface area contributed by atoms with Gasteiger partial charge in [0.2, 0.25) is 5.38 Å². The molecule has 1 unspecified atom stereocenters. The van der Waals surface area contributed by atoms with Gasteiger partial charge in [-0.3, -0.25) is 0 Å². The highest BCUT2D eigenvalue weighted by Crippen LogP contribution is 1.98. The summed E-state index contributed by atoms with van der Waals surface area (Å²) >= 11 is 5.23. The molecule has 0 aromatic carbocycles. The van der Waals surface area contributed by atoms with Crippen LogP contribution in [0.15, 0.2) is 12.2 Å². The molecule has 0 N–H and O–H groups in total. The van der Waals surface area contributed by atoms with Gasteiger partial charge in [-0.25, -0.2) is 4.79 Å². The SMILES string of the molecule is C=C(C)COC(=O)C(Cl)C#N. The van der Waals surface area contributed by atoms with E-state index in [0.717, 1.165) is 0 Å². The molecule has 3 nitrogen and oxygen atoms in total. The smallest absolute Gasteiger partial charge is 0.339 e. The number of carbonyl (C=O) groups is 1. The fraction of sp³-hybridized carbons (Fsp3) is 0.429. The number of esters is 1. The molecule has 0 saturated heterocycles. The molecule has 0 amide bonds.